The Hall–Kier alpha value is -7.42. The molecule has 0 bridgehead atoms. The highest BCUT2D eigenvalue weighted by Crippen LogP contribution is 2.47. The Labute approximate surface area is 325 Å². The fourth-order valence-corrected chi connectivity index (χ4v) is 8.66. The molecule has 56 heavy (non-hydrogen) atoms. The molecule has 1 heterocycles. The van der Waals surface area contributed by atoms with Crippen molar-refractivity contribution in [3.05, 3.63) is 212 Å². The van der Waals surface area contributed by atoms with E-state index in [-0.39, 0.29) is 0 Å². The van der Waals surface area contributed by atoms with Gasteiger partial charge in [-0.05, 0) is 74.0 Å². The molecule has 0 atom stereocenters. The number of rotatable bonds is 6. The second-order valence-corrected chi connectivity index (χ2v) is 14.4. The zero-order chi connectivity index (χ0) is 37.0. The molecule has 2 heteroatoms. The third kappa shape index (κ3) is 5.19. The molecule has 0 radical (unpaired) electrons. The van der Waals surface area contributed by atoms with Gasteiger partial charge in [0.2, 0.25) is 0 Å². The molecule has 1 aromatic heterocycles. The smallest absolute Gasteiger partial charge is 0.143 e. The second-order valence-electron chi connectivity index (χ2n) is 14.4. The number of fused-ring (bicyclic) bond motifs is 8. The monoisotopic (exact) mass is 713 g/mol. The lowest BCUT2D eigenvalue weighted by atomic mass is 9.94. The van der Waals surface area contributed by atoms with Gasteiger partial charge < -0.3 is 9.32 Å². The minimum Gasteiger partial charge on any atom is -0.455 e. The van der Waals surface area contributed by atoms with Crippen molar-refractivity contribution in [3.63, 3.8) is 0 Å². The van der Waals surface area contributed by atoms with E-state index in [1.807, 2.05) is 0 Å². The summed E-state index contributed by atoms with van der Waals surface area (Å²) in [6.07, 6.45) is 0. The van der Waals surface area contributed by atoms with Crippen LogP contribution in [0.15, 0.2) is 217 Å². The van der Waals surface area contributed by atoms with Crippen LogP contribution in [0.2, 0.25) is 0 Å². The Morgan fingerprint density at radius 1 is 0.268 bits per heavy atom. The van der Waals surface area contributed by atoms with E-state index >= 15 is 0 Å². The minimum atomic E-state index is 0.890. The molecule has 0 N–H and O–H groups in total. The van der Waals surface area contributed by atoms with Crippen molar-refractivity contribution in [2.24, 2.45) is 0 Å². The van der Waals surface area contributed by atoms with E-state index in [2.05, 4.69) is 217 Å². The molecule has 11 rings (SSSR count). The summed E-state index contributed by atoms with van der Waals surface area (Å²) in [4.78, 5) is 2.41. The molecule has 2 nitrogen and oxygen atoms in total. The summed E-state index contributed by atoms with van der Waals surface area (Å²) in [5, 5.41) is 9.58. The fraction of sp³-hybridized carbons (Fsp3) is 0. The van der Waals surface area contributed by atoms with Gasteiger partial charge in [-0.3, -0.25) is 0 Å². The number of furan rings is 1. The van der Waals surface area contributed by atoms with Crippen LogP contribution in [0.5, 0.6) is 0 Å². The van der Waals surface area contributed by atoms with E-state index in [1.54, 1.807) is 0 Å². The second kappa shape index (κ2) is 13.2. The maximum absolute atomic E-state index is 6.90. The van der Waals surface area contributed by atoms with Crippen molar-refractivity contribution < 1.29 is 4.42 Å². The van der Waals surface area contributed by atoms with Crippen LogP contribution >= 0.6 is 0 Å². The summed E-state index contributed by atoms with van der Waals surface area (Å²) in [6.45, 7) is 0. The molecular formula is C54H35NO. The zero-order valence-corrected chi connectivity index (χ0v) is 30.6. The highest BCUT2D eigenvalue weighted by atomic mass is 16.3. The molecule has 0 fully saturated rings. The number of anilines is 3. The van der Waals surface area contributed by atoms with Crippen LogP contribution in [-0.4, -0.2) is 0 Å². The molecule has 0 aliphatic rings. The summed E-state index contributed by atoms with van der Waals surface area (Å²) >= 11 is 0. The molecule has 0 aliphatic heterocycles. The molecule has 10 aromatic carbocycles. The highest BCUT2D eigenvalue weighted by molar-refractivity contribution is 6.18. The minimum absolute atomic E-state index is 0.890. The van der Waals surface area contributed by atoms with E-state index in [0.29, 0.717) is 0 Å². The van der Waals surface area contributed by atoms with Gasteiger partial charge in [0.1, 0.15) is 11.2 Å². The number of benzene rings is 10. The molecule has 0 saturated heterocycles. The van der Waals surface area contributed by atoms with E-state index in [1.165, 1.54) is 38.1 Å². The quantitative estimate of drug-likeness (QED) is 0.160. The molecule has 11 aromatic rings. The average Bonchev–Trinajstić information content (AvgIpc) is 3.67. The number of hydrogen-bond acceptors (Lipinski definition) is 2. The van der Waals surface area contributed by atoms with E-state index < -0.39 is 0 Å². The molecule has 0 spiro atoms. The summed E-state index contributed by atoms with van der Waals surface area (Å²) in [5.74, 6) is 0. The summed E-state index contributed by atoms with van der Waals surface area (Å²) in [5.41, 5.74) is 11.9. The van der Waals surface area contributed by atoms with Crippen molar-refractivity contribution in [2.75, 3.05) is 4.90 Å². The third-order valence-corrected chi connectivity index (χ3v) is 11.3. The van der Waals surface area contributed by atoms with Gasteiger partial charge in [-0.15, -0.1) is 0 Å². The van der Waals surface area contributed by atoms with Crippen LogP contribution in [0.4, 0.5) is 17.1 Å². The Morgan fingerprint density at radius 2 is 0.786 bits per heavy atom. The standard InChI is InChI=1S/C54H35NO/c1-2-14-36(15-3-1)43-19-8-10-26-51(43)55(40-32-28-39(29-33-40)42-22-12-23-45-41-18-6-4-16-37(41)30-34-46(42)45)52-27-11-9-21-47(52)48-24-13-25-49-50-35-31-38-17-5-7-20-44(38)53(50)56-54(48)49/h1-35H. The largest absolute Gasteiger partial charge is 0.455 e. The predicted molar refractivity (Wildman–Crippen MR) is 237 cm³/mol. The Bertz CT molecular complexity index is 3250. The molecule has 0 aliphatic carbocycles. The van der Waals surface area contributed by atoms with Gasteiger partial charge in [-0.2, -0.15) is 0 Å². The van der Waals surface area contributed by atoms with E-state index in [9.17, 15) is 0 Å². The summed E-state index contributed by atoms with van der Waals surface area (Å²) < 4.78 is 6.90. The van der Waals surface area contributed by atoms with Crippen molar-refractivity contribution in [3.8, 4) is 33.4 Å². The summed E-state index contributed by atoms with van der Waals surface area (Å²) in [7, 11) is 0. The number of nitrogens with zero attached hydrogens (tertiary/aromatic N) is 1. The normalized spacial score (nSPS) is 11.6. The first-order chi connectivity index (χ1) is 27.8. The van der Waals surface area contributed by atoms with Gasteiger partial charge in [-0.25, -0.2) is 0 Å². The first-order valence-electron chi connectivity index (χ1n) is 19.2. The van der Waals surface area contributed by atoms with Crippen LogP contribution < -0.4 is 4.90 Å². The van der Waals surface area contributed by atoms with Crippen LogP contribution in [0.1, 0.15) is 0 Å². The molecule has 0 amide bonds. The van der Waals surface area contributed by atoms with Crippen molar-refractivity contribution in [2.45, 2.75) is 0 Å². The lowest BCUT2D eigenvalue weighted by Gasteiger charge is -2.30. The lowest BCUT2D eigenvalue weighted by Crippen LogP contribution is -2.12. The maximum atomic E-state index is 6.90. The van der Waals surface area contributed by atoms with Crippen molar-refractivity contribution >= 4 is 71.3 Å². The van der Waals surface area contributed by atoms with E-state index in [4.69, 9.17) is 4.42 Å². The summed E-state index contributed by atoms with van der Waals surface area (Å²) in [6, 6.07) is 76.4. The average molecular weight is 714 g/mol. The Kier molecular flexibility index (Phi) is 7.53. The number of para-hydroxylation sites is 3. The van der Waals surface area contributed by atoms with Gasteiger partial charge >= 0.3 is 0 Å². The predicted octanol–water partition coefficient (Wildman–Crippen LogP) is 15.5. The van der Waals surface area contributed by atoms with Crippen LogP contribution in [0.25, 0.3) is 87.6 Å². The van der Waals surface area contributed by atoms with Gasteiger partial charge in [-0.1, -0.05) is 182 Å². The van der Waals surface area contributed by atoms with Crippen molar-refractivity contribution in [1.29, 1.82) is 0 Å². The van der Waals surface area contributed by atoms with Gasteiger partial charge in [0, 0.05) is 38.5 Å². The Morgan fingerprint density at radius 3 is 1.57 bits per heavy atom. The first kappa shape index (κ1) is 32.0. The molecule has 262 valence electrons. The highest BCUT2D eigenvalue weighted by Gasteiger charge is 2.23. The molecule has 0 unspecified atom stereocenters. The van der Waals surface area contributed by atoms with E-state index in [0.717, 1.165) is 66.6 Å². The first-order valence-corrected chi connectivity index (χ1v) is 19.2. The van der Waals surface area contributed by atoms with Crippen LogP contribution in [0.3, 0.4) is 0 Å². The van der Waals surface area contributed by atoms with Crippen molar-refractivity contribution in [1.82, 2.24) is 0 Å². The van der Waals surface area contributed by atoms with Gasteiger partial charge in [0.05, 0.1) is 11.4 Å². The third-order valence-electron chi connectivity index (χ3n) is 11.3. The van der Waals surface area contributed by atoms with Gasteiger partial charge in [0.15, 0.2) is 0 Å². The van der Waals surface area contributed by atoms with Gasteiger partial charge in [0.25, 0.3) is 0 Å². The van der Waals surface area contributed by atoms with Crippen LogP contribution in [0, 0.1) is 0 Å². The maximum Gasteiger partial charge on any atom is 0.143 e. The fourth-order valence-electron chi connectivity index (χ4n) is 8.66. The topological polar surface area (TPSA) is 16.4 Å². The van der Waals surface area contributed by atoms with Crippen LogP contribution in [-0.2, 0) is 0 Å². The molecule has 0 saturated carbocycles. The number of hydrogen-bond donors (Lipinski definition) is 0. The zero-order valence-electron chi connectivity index (χ0n) is 30.6. The lowest BCUT2D eigenvalue weighted by molar-refractivity contribution is 0.674. The Balaban J connectivity index is 1.12. The SMILES string of the molecule is c1ccc(-c2ccccc2N(c2ccc(-c3cccc4c3ccc3ccccc34)cc2)c2ccccc2-c2cccc3c2oc2c4ccccc4ccc32)cc1. The molecular weight excluding hydrogens is 679 g/mol.